The molecule has 126 valence electrons. The molecule has 1 amide bonds. The van der Waals surface area contributed by atoms with Crippen molar-refractivity contribution in [2.75, 3.05) is 26.8 Å². The maximum Gasteiger partial charge on any atom is 0.225 e. The molecular weight excluding hydrogens is 302 g/mol. The molecule has 1 N–H and O–H groups in total. The second-order valence-electron chi connectivity index (χ2n) is 6.53. The molecule has 2 fully saturated rings. The summed E-state index contributed by atoms with van der Waals surface area (Å²) in [6, 6.07) is 3.80. The molecular formula is C17H22F2N2O2. The van der Waals surface area contributed by atoms with Gasteiger partial charge in [-0.05, 0) is 31.0 Å². The van der Waals surface area contributed by atoms with Gasteiger partial charge in [-0.1, -0.05) is 0 Å². The van der Waals surface area contributed by atoms with Gasteiger partial charge in [-0.15, -0.1) is 0 Å². The number of hydrogen-bond acceptors (Lipinski definition) is 3. The number of amides is 1. The summed E-state index contributed by atoms with van der Waals surface area (Å²) >= 11 is 0. The number of methoxy groups -OCH3 is 1. The Balaban J connectivity index is 1.66. The standard InChI is InChI=1S/C17H22F2N2O2/c1-23-10-12-8-21(7-11-6-13(18)2-5-16(11)19)9-15(12)17(22)20-14-3-4-14/h2,5-6,12,14-15H,3-4,7-10H2,1H3,(H,20,22)/t12-,15+/m0/s1. The predicted molar refractivity (Wildman–Crippen MR) is 81.7 cm³/mol. The third-order valence-corrected chi connectivity index (χ3v) is 4.56. The molecule has 23 heavy (non-hydrogen) atoms. The van der Waals surface area contributed by atoms with Crippen molar-refractivity contribution >= 4 is 5.91 Å². The SMILES string of the molecule is COC[C@@H]1CN(Cc2cc(F)ccc2F)C[C@H]1C(=O)NC1CC1. The number of rotatable bonds is 6. The number of nitrogens with one attached hydrogen (secondary N) is 1. The van der Waals surface area contributed by atoms with Crippen LogP contribution in [0.3, 0.4) is 0 Å². The molecule has 0 bridgehead atoms. The fraction of sp³-hybridized carbons (Fsp3) is 0.588. The fourth-order valence-corrected chi connectivity index (χ4v) is 3.21. The van der Waals surface area contributed by atoms with Crippen LogP contribution in [0.15, 0.2) is 18.2 Å². The lowest BCUT2D eigenvalue weighted by molar-refractivity contribution is -0.126. The van der Waals surface area contributed by atoms with E-state index in [9.17, 15) is 13.6 Å². The highest BCUT2D eigenvalue weighted by Gasteiger charge is 2.39. The van der Waals surface area contributed by atoms with E-state index in [0.29, 0.717) is 37.8 Å². The van der Waals surface area contributed by atoms with Crippen molar-refractivity contribution < 1.29 is 18.3 Å². The lowest BCUT2D eigenvalue weighted by Gasteiger charge is -2.16. The number of carbonyl (C=O) groups excluding carboxylic acids is 1. The van der Waals surface area contributed by atoms with Crippen molar-refractivity contribution in [3.8, 4) is 0 Å². The van der Waals surface area contributed by atoms with Crippen molar-refractivity contribution in [1.29, 1.82) is 0 Å². The summed E-state index contributed by atoms with van der Waals surface area (Å²) < 4.78 is 32.3. The van der Waals surface area contributed by atoms with E-state index in [1.54, 1.807) is 7.11 Å². The van der Waals surface area contributed by atoms with Crippen molar-refractivity contribution in [2.45, 2.75) is 25.4 Å². The van der Waals surface area contributed by atoms with Crippen LogP contribution in [0.4, 0.5) is 8.78 Å². The van der Waals surface area contributed by atoms with E-state index in [1.807, 2.05) is 4.90 Å². The number of halogens is 2. The quantitative estimate of drug-likeness (QED) is 0.869. The Morgan fingerprint density at radius 2 is 2.13 bits per heavy atom. The lowest BCUT2D eigenvalue weighted by atomic mass is 9.96. The molecule has 0 spiro atoms. The number of carbonyl (C=O) groups is 1. The zero-order valence-corrected chi connectivity index (χ0v) is 13.2. The smallest absolute Gasteiger partial charge is 0.225 e. The number of benzene rings is 1. The van der Waals surface area contributed by atoms with Gasteiger partial charge in [0.15, 0.2) is 0 Å². The molecule has 3 rings (SSSR count). The molecule has 1 aromatic carbocycles. The molecule has 2 atom stereocenters. The van der Waals surface area contributed by atoms with Crippen LogP contribution in [0, 0.1) is 23.5 Å². The van der Waals surface area contributed by atoms with Gasteiger partial charge < -0.3 is 10.1 Å². The highest BCUT2D eigenvalue weighted by Crippen LogP contribution is 2.28. The van der Waals surface area contributed by atoms with Crippen LogP contribution in [0.1, 0.15) is 18.4 Å². The highest BCUT2D eigenvalue weighted by molar-refractivity contribution is 5.80. The van der Waals surface area contributed by atoms with Crippen molar-refractivity contribution in [1.82, 2.24) is 10.2 Å². The minimum absolute atomic E-state index is 0.0526. The molecule has 1 saturated heterocycles. The summed E-state index contributed by atoms with van der Waals surface area (Å²) in [7, 11) is 1.62. The first-order chi connectivity index (χ1) is 11.1. The van der Waals surface area contributed by atoms with E-state index in [2.05, 4.69) is 5.32 Å². The van der Waals surface area contributed by atoms with E-state index in [-0.39, 0.29) is 17.7 Å². The van der Waals surface area contributed by atoms with E-state index in [4.69, 9.17) is 4.74 Å². The first-order valence-corrected chi connectivity index (χ1v) is 8.02. The van der Waals surface area contributed by atoms with E-state index in [0.717, 1.165) is 25.0 Å². The zero-order chi connectivity index (χ0) is 16.4. The summed E-state index contributed by atoms with van der Waals surface area (Å²) in [5.74, 6) is -0.892. The Morgan fingerprint density at radius 3 is 2.83 bits per heavy atom. The average Bonchev–Trinajstić information content (AvgIpc) is 3.23. The minimum atomic E-state index is -0.447. The Hall–Kier alpha value is -1.53. The van der Waals surface area contributed by atoms with Crippen LogP contribution < -0.4 is 5.32 Å². The highest BCUT2D eigenvalue weighted by atomic mass is 19.1. The molecule has 1 aliphatic heterocycles. The Kier molecular flexibility index (Phi) is 4.92. The van der Waals surface area contributed by atoms with Gasteiger partial charge in [0.25, 0.3) is 0 Å². The Labute approximate surface area is 134 Å². The van der Waals surface area contributed by atoms with Crippen LogP contribution >= 0.6 is 0 Å². The molecule has 1 heterocycles. The first-order valence-electron chi connectivity index (χ1n) is 8.02. The van der Waals surface area contributed by atoms with Crippen LogP contribution in [0.25, 0.3) is 0 Å². The van der Waals surface area contributed by atoms with Gasteiger partial charge in [-0.25, -0.2) is 8.78 Å². The normalized spacial score (nSPS) is 24.8. The van der Waals surface area contributed by atoms with Crippen LogP contribution in [0.5, 0.6) is 0 Å². The van der Waals surface area contributed by atoms with E-state index < -0.39 is 11.6 Å². The number of hydrogen-bond donors (Lipinski definition) is 1. The topological polar surface area (TPSA) is 41.6 Å². The van der Waals surface area contributed by atoms with Crippen LogP contribution in [-0.4, -0.2) is 43.7 Å². The molecule has 6 heteroatoms. The maximum absolute atomic E-state index is 13.8. The van der Waals surface area contributed by atoms with Crippen molar-refractivity contribution in [3.63, 3.8) is 0 Å². The largest absolute Gasteiger partial charge is 0.384 e. The summed E-state index contributed by atoms with van der Waals surface area (Å²) in [6.07, 6.45) is 2.09. The fourth-order valence-electron chi connectivity index (χ4n) is 3.21. The molecule has 1 aromatic rings. The third kappa shape index (κ3) is 4.06. The van der Waals surface area contributed by atoms with Gasteiger partial charge in [0.05, 0.1) is 12.5 Å². The van der Waals surface area contributed by atoms with Gasteiger partial charge >= 0.3 is 0 Å². The van der Waals surface area contributed by atoms with E-state index in [1.165, 1.54) is 6.07 Å². The molecule has 4 nitrogen and oxygen atoms in total. The lowest BCUT2D eigenvalue weighted by Crippen LogP contribution is -2.37. The molecule has 0 radical (unpaired) electrons. The first kappa shape index (κ1) is 16.3. The van der Waals surface area contributed by atoms with Crippen LogP contribution in [0.2, 0.25) is 0 Å². The van der Waals surface area contributed by atoms with Gasteiger partial charge in [0.2, 0.25) is 5.91 Å². The molecule has 1 aliphatic carbocycles. The monoisotopic (exact) mass is 324 g/mol. The second-order valence-corrected chi connectivity index (χ2v) is 6.53. The van der Waals surface area contributed by atoms with Crippen molar-refractivity contribution in [2.24, 2.45) is 11.8 Å². The molecule has 1 saturated carbocycles. The number of likely N-dealkylation sites (tertiary alicyclic amines) is 1. The van der Waals surface area contributed by atoms with Gasteiger partial charge in [-0.3, -0.25) is 9.69 Å². The predicted octanol–water partition coefficient (Wildman–Crippen LogP) is 1.94. The number of nitrogens with zero attached hydrogens (tertiary/aromatic N) is 1. The van der Waals surface area contributed by atoms with Gasteiger partial charge in [-0.2, -0.15) is 0 Å². The molecule has 0 unspecified atom stereocenters. The Morgan fingerprint density at radius 1 is 1.35 bits per heavy atom. The van der Waals surface area contributed by atoms with Crippen LogP contribution in [-0.2, 0) is 16.1 Å². The Bertz CT molecular complexity index is 578. The summed E-state index contributed by atoms with van der Waals surface area (Å²) in [5, 5.41) is 3.03. The zero-order valence-electron chi connectivity index (χ0n) is 13.2. The van der Waals surface area contributed by atoms with Gasteiger partial charge in [0, 0.05) is 44.3 Å². The van der Waals surface area contributed by atoms with Crippen molar-refractivity contribution in [3.05, 3.63) is 35.4 Å². The summed E-state index contributed by atoms with van der Waals surface area (Å²) in [6.45, 7) is 1.98. The molecule has 0 aromatic heterocycles. The summed E-state index contributed by atoms with van der Waals surface area (Å²) in [4.78, 5) is 14.4. The summed E-state index contributed by atoms with van der Waals surface area (Å²) in [5.41, 5.74) is 0.324. The minimum Gasteiger partial charge on any atom is -0.384 e. The maximum atomic E-state index is 13.8. The molecule has 2 aliphatic rings. The second kappa shape index (κ2) is 6.93. The average molecular weight is 324 g/mol. The number of ether oxygens (including phenoxy) is 1. The van der Waals surface area contributed by atoms with Gasteiger partial charge in [0.1, 0.15) is 11.6 Å². The third-order valence-electron chi connectivity index (χ3n) is 4.56. The van der Waals surface area contributed by atoms with E-state index >= 15 is 0 Å².